The van der Waals surface area contributed by atoms with Gasteiger partial charge in [-0.25, -0.2) is 4.39 Å². The van der Waals surface area contributed by atoms with E-state index in [9.17, 15) is 14.0 Å². The largest absolute Gasteiger partial charge is 0.347 e. The van der Waals surface area contributed by atoms with Crippen molar-refractivity contribution >= 4 is 29.9 Å². The minimum absolute atomic E-state index is 0. The lowest BCUT2D eigenvalue weighted by molar-refractivity contribution is -0.127. The molecule has 20 heavy (non-hydrogen) atoms. The molecule has 2 unspecified atom stereocenters. The number of hydrogen-bond acceptors (Lipinski definition) is 3. The minimum Gasteiger partial charge on any atom is -0.347 e. The second-order valence-corrected chi connectivity index (χ2v) is 4.42. The summed E-state index contributed by atoms with van der Waals surface area (Å²) in [6.07, 6.45) is 0. The zero-order valence-electron chi connectivity index (χ0n) is 11.4. The van der Waals surface area contributed by atoms with Gasteiger partial charge in [0.05, 0.1) is 6.54 Å². The molecular weight excluding hydrogens is 285 g/mol. The fourth-order valence-electron chi connectivity index (χ4n) is 1.34. The van der Waals surface area contributed by atoms with Crippen molar-refractivity contribution in [2.45, 2.75) is 19.9 Å². The number of nitrogens with two attached hydrogens (primary N) is 1. The third kappa shape index (κ3) is 5.99. The highest BCUT2D eigenvalue weighted by Gasteiger charge is 2.17. The number of rotatable bonds is 5. The average molecular weight is 304 g/mol. The Balaban J connectivity index is 0.00000361. The van der Waals surface area contributed by atoms with Crippen molar-refractivity contribution in [1.82, 2.24) is 5.32 Å². The van der Waals surface area contributed by atoms with E-state index in [4.69, 9.17) is 5.73 Å². The molecule has 2 amide bonds. The topological polar surface area (TPSA) is 84.2 Å². The number of anilines is 1. The maximum Gasteiger partial charge on any atom is 0.243 e. The predicted octanol–water partition coefficient (Wildman–Crippen LogP) is 1.29. The van der Waals surface area contributed by atoms with Crippen LogP contribution in [0, 0.1) is 11.7 Å². The van der Waals surface area contributed by atoms with Crippen LogP contribution in [-0.2, 0) is 9.59 Å². The van der Waals surface area contributed by atoms with E-state index in [2.05, 4.69) is 10.6 Å². The Morgan fingerprint density at radius 2 is 2.00 bits per heavy atom. The first-order valence-electron chi connectivity index (χ1n) is 5.99. The molecule has 1 aromatic rings. The molecule has 0 saturated carbocycles. The van der Waals surface area contributed by atoms with E-state index in [1.807, 2.05) is 0 Å². The number of amides is 2. The highest BCUT2D eigenvalue weighted by Crippen LogP contribution is 2.08. The third-order valence-corrected chi connectivity index (χ3v) is 2.73. The lowest BCUT2D eigenvalue weighted by Crippen LogP contribution is -2.41. The summed E-state index contributed by atoms with van der Waals surface area (Å²) in [6, 6.07) is 5.24. The fourth-order valence-corrected chi connectivity index (χ4v) is 1.34. The van der Waals surface area contributed by atoms with Crippen LogP contribution in [0.25, 0.3) is 0 Å². The third-order valence-electron chi connectivity index (χ3n) is 2.73. The molecule has 0 fully saturated rings. The van der Waals surface area contributed by atoms with E-state index >= 15 is 0 Å². The number of halogens is 2. The van der Waals surface area contributed by atoms with E-state index in [0.29, 0.717) is 5.69 Å². The highest BCUT2D eigenvalue weighted by atomic mass is 35.5. The molecule has 5 nitrogen and oxygen atoms in total. The molecule has 0 saturated heterocycles. The molecule has 1 rings (SSSR count). The van der Waals surface area contributed by atoms with Gasteiger partial charge in [0.15, 0.2) is 0 Å². The van der Waals surface area contributed by atoms with Gasteiger partial charge in [-0.3, -0.25) is 9.59 Å². The Hall–Kier alpha value is -1.66. The summed E-state index contributed by atoms with van der Waals surface area (Å²) in [7, 11) is 0. The molecule has 0 aromatic heterocycles. The van der Waals surface area contributed by atoms with E-state index in [1.54, 1.807) is 19.9 Å². The number of nitrogens with one attached hydrogen (secondary N) is 2. The summed E-state index contributed by atoms with van der Waals surface area (Å²) in [6.45, 7) is 3.23. The maximum atomic E-state index is 12.9. The smallest absolute Gasteiger partial charge is 0.243 e. The monoisotopic (exact) mass is 303 g/mol. The van der Waals surface area contributed by atoms with Crippen molar-refractivity contribution in [2.24, 2.45) is 11.7 Å². The lowest BCUT2D eigenvalue weighted by Gasteiger charge is -2.15. The predicted molar refractivity (Wildman–Crippen MR) is 78.1 cm³/mol. The van der Waals surface area contributed by atoms with Crippen LogP contribution in [0.5, 0.6) is 0 Å². The zero-order chi connectivity index (χ0) is 14.4. The second-order valence-electron chi connectivity index (χ2n) is 4.42. The van der Waals surface area contributed by atoms with Gasteiger partial charge in [-0.05, 0) is 25.1 Å². The minimum atomic E-state index is -0.438. The normalized spacial score (nSPS) is 12.8. The Morgan fingerprint density at radius 3 is 2.55 bits per heavy atom. The van der Waals surface area contributed by atoms with Crippen LogP contribution in [0.4, 0.5) is 10.1 Å². The standard InChI is InChI=1S/C13H18FN3O2.ClH/c1-8(9(2)15)13(19)16-7-12(18)17-11-5-3-4-10(14)6-11;/h3-6,8-9H,7,15H2,1-2H3,(H,16,19)(H,17,18);1H. The first-order chi connectivity index (χ1) is 8.90. The van der Waals surface area contributed by atoms with Crippen molar-refractivity contribution in [2.75, 3.05) is 11.9 Å². The highest BCUT2D eigenvalue weighted by molar-refractivity contribution is 5.94. The van der Waals surface area contributed by atoms with Gasteiger partial charge in [-0.15, -0.1) is 12.4 Å². The van der Waals surface area contributed by atoms with Gasteiger partial charge in [0.1, 0.15) is 5.82 Å². The molecule has 0 bridgehead atoms. The summed E-state index contributed by atoms with van der Waals surface area (Å²) in [5.74, 6) is -1.52. The number of carbonyl (C=O) groups excluding carboxylic acids is 2. The van der Waals surface area contributed by atoms with Crippen molar-refractivity contribution in [1.29, 1.82) is 0 Å². The molecular formula is C13H19ClFN3O2. The van der Waals surface area contributed by atoms with Crippen molar-refractivity contribution < 1.29 is 14.0 Å². The second kappa shape index (κ2) is 8.50. The van der Waals surface area contributed by atoms with Crippen LogP contribution in [0.3, 0.4) is 0 Å². The van der Waals surface area contributed by atoms with Gasteiger partial charge in [0, 0.05) is 17.6 Å². The SMILES string of the molecule is CC(N)C(C)C(=O)NCC(=O)Nc1cccc(F)c1.Cl. The van der Waals surface area contributed by atoms with E-state index in [0.717, 1.165) is 0 Å². The molecule has 1 aromatic carbocycles. The van der Waals surface area contributed by atoms with Gasteiger partial charge in [-0.2, -0.15) is 0 Å². The maximum absolute atomic E-state index is 12.9. The molecule has 0 heterocycles. The Labute approximate surface area is 123 Å². The Kier molecular flexibility index (Phi) is 7.79. The van der Waals surface area contributed by atoms with Gasteiger partial charge in [-0.1, -0.05) is 13.0 Å². The van der Waals surface area contributed by atoms with Gasteiger partial charge in [0.2, 0.25) is 11.8 Å². The molecule has 0 spiro atoms. The molecule has 2 atom stereocenters. The van der Waals surface area contributed by atoms with Crippen LogP contribution in [0.2, 0.25) is 0 Å². The Bertz CT molecular complexity index is 469. The van der Waals surface area contributed by atoms with Gasteiger partial charge in [0.25, 0.3) is 0 Å². The molecule has 0 radical (unpaired) electrons. The lowest BCUT2D eigenvalue weighted by atomic mass is 10.0. The first-order valence-corrected chi connectivity index (χ1v) is 5.99. The van der Waals surface area contributed by atoms with E-state index in [1.165, 1.54) is 18.2 Å². The molecule has 0 aliphatic heterocycles. The van der Waals surface area contributed by atoms with Crippen LogP contribution >= 0.6 is 12.4 Å². The quantitative estimate of drug-likeness (QED) is 0.766. The summed E-state index contributed by atoms with van der Waals surface area (Å²) >= 11 is 0. The molecule has 4 N–H and O–H groups in total. The van der Waals surface area contributed by atoms with E-state index < -0.39 is 11.7 Å². The van der Waals surface area contributed by atoms with Crippen LogP contribution in [0.15, 0.2) is 24.3 Å². The Morgan fingerprint density at radius 1 is 1.35 bits per heavy atom. The molecule has 0 aliphatic rings. The first kappa shape index (κ1) is 18.3. The van der Waals surface area contributed by atoms with Crippen molar-refractivity contribution in [3.63, 3.8) is 0 Å². The fraction of sp³-hybridized carbons (Fsp3) is 0.385. The molecule has 112 valence electrons. The van der Waals surface area contributed by atoms with Crippen molar-refractivity contribution in [3.8, 4) is 0 Å². The zero-order valence-corrected chi connectivity index (χ0v) is 12.2. The number of benzene rings is 1. The van der Waals surface area contributed by atoms with Crippen LogP contribution < -0.4 is 16.4 Å². The number of carbonyl (C=O) groups is 2. The molecule has 7 heteroatoms. The molecule has 0 aliphatic carbocycles. The van der Waals surface area contributed by atoms with E-state index in [-0.39, 0.29) is 36.8 Å². The van der Waals surface area contributed by atoms with Crippen molar-refractivity contribution in [3.05, 3.63) is 30.1 Å². The van der Waals surface area contributed by atoms with Gasteiger partial charge < -0.3 is 16.4 Å². The summed E-state index contributed by atoms with van der Waals surface area (Å²) < 4.78 is 12.9. The summed E-state index contributed by atoms with van der Waals surface area (Å²) in [5.41, 5.74) is 5.93. The average Bonchev–Trinajstić information content (AvgIpc) is 2.34. The summed E-state index contributed by atoms with van der Waals surface area (Å²) in [4.78, 5) is 23.1. The number of hydrogen-bond donors (Lipinski definition) is 3. The van der Waals surface area contributed by atoms with Crippen LogP contribution in [-0.4, -0.2) is 24.4 Å². The summed E-state index contributed by atoms with van der Waals surface area (Å²) in [5, 5.41) is 4.96. The van der Waals surface area contributed by atoms with Crippen LogP contribution in [0.1, 0.15) is 13.8 Å². The van der Waals surface area contributed by atoms with Gasteiger partial charge >= 0.3 is 0 Å².